The van der Waals surface area contributed by atoms with Gasteiger partial charge >= 0.3 is 0 Å². The number of nitrogens with zero attached hydrogens (tertiary/aromatic N) is 1. The Morgan fingerprint density at radius 3 is 2.40 bits per heavy atom. The summed E-state index contributed by atoms with van der Waals surface area (Å²) in [5, 5.41) is 0. The second kappa shape index (κ2) is 3.59. The van der Waals surface area contributed by atoms with E-state index < -0.39 is 5.67 Å². The summed E-state index contributed by atoms with van der Waals surface area (Å²) in [4.78, 5) is 13.3. The van der Waals surface area contributed by atoms with Gasteiger partial charge in [0.25, 0.3) is 5.91 Å². The zero-order chi connectivity index (χ0) is 11.1. The minimum absolute atomic E-state index is 0.0994. The highest BCUT2D eigenvalue weighted by Gasteiger charge is 2.41. The fourth-order valence-electron chi connectivity index (χ4n) is 1.67. The lowest BCUT2D eigenvalue weighted by molar-refractivity contribution is -0.00785. The van der Waals surface area contributed by atoms with Gasteiger partial charge in [0.1, 0.15) is 5.67 Å². The van der Waals surface area contributed by atoms with Crippen LogP contribution >= 0.6 is 15.9 Å². The van der Waals surface area contributed by atoms with Crippen LogP contribution in [0.15, 0.2) is 28.7 Å². The van der Waals surface area contributed by atoms with Crippen molar-refractivity contribution in [1.82, 2.24) is 4.90 Å². The zero-order valence-corrected chi connectivity index (χ0v) is 9.92. The lowest BCUT2D eigenvalue weighted by Gasteiger charge is -2.42. The van der Waals surface area contributed by atoms with Crippen molar-refractivity contribution < 1.29 is 9.18 Å². The van der Waals surface area contributed by atoms with E-state index in [9.17, 15) is 9.18 Å². The molecule has 0 aliphatic carbocycles. The topological polar surface area (TPSA) is 20.3 Å². The van der Waals surface area contributed by atoms with Crippen molar-refractivity contribution >= 4 is 21.8 Å². The normalized spacial score (nSPS) is 18.5. The highest BCUT2D eigenvalue weighted by Crippen LogP contribution is 2.26. The summed E-state index contributed by atoms with van der Waals surface area (Å²) < 4.78 is 14.1. The summed E-state index contributed by atoms with van der Waals surface area (Å²) >= 11 is 3.30. The Balaban J connectivity index is 2.07. The van der Waals surface area contributed by atoms with Crippen LogP contribution in [0.2, 0.25) is 0 Å². The van der Waals surface area contributed by atoms with Gasteiger partial charge in [-0.25, -0.2) is 4.39 Å². The van der Waals surface area contributed by atoms with Crippen LogP contribution in [-0.4, -0.2) is 29.6 Å². The quantitative estimate of drug-likeness (QED) is 0.769. The molecule has 1 heterocycles. The molecule has 2 nitrogen and oxygen atoms in total. The summed E-state index contributed by atoms with van der Waals surface area (Å²) in [6.45, 7) is 1.90. The van der Waals surface area contributed by atoms with Gasteiger partial charge < -0.3 is 4.90 Å². The van der Waals surface area contributed by atoms with Crippen LogP contribution in [0.25, 0.3) is 0 Å². The molecular formula is C11H11BrFNO. The van der Waals surface area contributed by atoms with E-state index in [1.165, 1.54) is 11.8 Å². The lowest BCUT2D eigenvalue weighted by atomic mass is 9.98. The van der Waals surface area contributed by atoms with Crippen LogP contribution in [0.4, 0.5) is 4.39 Å². The third-order valence-corrected chi connectivity index (χ3v) is 2.95. The highest BCUT2D eigenvalue weighted by atomic mass is 79.9. The van der Waals surface area contributed by atoms with Crippen molar-refractivity contribution in [1.29, 1.82) is 0 Å². The molecule has 0 aromatic heterocycles. The molecule has 0 atom stereocenters. The first-order chi connectivity index (χ1) is 6.98. The molecule has 1 saturated heterocycles. The number of hydrogen-bond donors (Lipinski definition) is 0. The van der Waals surface area contributed by atoms with Crippen LogP contribution in [-0.2, 0) is 0 Å². The number of likely N-dealkylation sites (tertiary alicyclic amines) is 1. The van der Waals surface area contributed by atoms with Crippen molar-refractivity contribution in [2.75, 3.05) is 13.1 Å². The van der Waals surface area contributed by atoms with Crippen molar-refractivity contribution in [3.8, 4) is 0 Å². The van der Waals surface area contributed by atoms with Crippen molar-refractivity contribution in [3.63, 3.8) is 0 Å². The second-order valence-electron chi connectivity index (χ2n) is 4.08. The molecule has 1 fully saturated rings. The summed E-state index contributed by atoms with van der Waals surface area (Å²) in [5.41, 5.74) is -0.598. The Morgan fingerprint density at radius 2 is 1.93 bits per heavy atom. The van der Waals surface area contributed by atoms with Gasteiger partial charge in [0, 0.05) is 10.0 Å². The minimum Gasteiger partial charge on any atom is -0.332 e. The van der Waals surface area contributed by atoms with Crippen molar-refractivity contribution in [3.05, 3.63) is 34.3 Å². The van der Waals surface area contributed by atoms with E-state index >= 15 is 0 Å². The van der Waals surface area contributed by atoms with E-state index in [0.717, 1.165) is 4.47 Å². The first-order valence-electron chi connectivity index (χ1n) is 4.72. The Kier molecular flexibility index (Phi) is 2.54. The molecule has 80 valence electrons. The molecule has 2 rings (SSSR count). The van der Waals surface area contributed by atoms with Crippen LogP contribution in [0.3, 0.4) is 0 Å². The molecule has 0 N–H and O–H groups in total. The molecular weight excluding hydrogens is 261 g/mol. The van der Waals surface area contributed by atoms with Gasteiger partial charge in [0.2, 0.25) is 0 Å². The lowest BCUT2D eigenvalue weighted by Crippen LogP contribution is -2.59. The fourth-order valence-corrected chi connectivity index (χ4v) is 1.93. The smallest absolute Gasteiger partial charge is 0.254 e. The largest absolute Gasteiger partial charge is 0.332 e. The number of hydrogen-bond acceptors (Lipinski definition) is 1. The van der Waals surface area contributed by atoms with E-state index in [1.807, 2.05) is 12.1 Å². The standard InChI is InChI=1S/C11H11BrFNO/c1-11(13)6-14(7-11)10(15)8-2-4-9(12)5-3-8/h2-5H,6-7H2,1H3. The van der Waals surface area contributed by atoms with E-state index in [4.69, 9.17) is 0 Å². The summed E-state index contributed by atoms with van der Waals surface area (Å²) in [5.74, 6) is -0.0994. The van der Waals surface area contributed by atoms with E-state index in [1.54, 1.807) is 12.1 Å². The monoisotopic (exact) mass is 271 g/mol. The first kappa shape index (κ1) is 10.6. The van der Waals surface area contributed by atoms with Crippen LogP contribution in [0.5, 0.6) is 0 Å². The SMILES string of the molecule is CC1(F)CN(C(=O)c2ccc(Br)cc2)C1. The fraction of sp³-hybridized carbons (Fsp3) is 0.364. The Morgan fingerprint density at radius 1 is 1.40 bits per heavy atom. The van der Waals surface area contributed by atoms with Crippen LogP contribution in [0.1, 0.15) is 17.3 Å². The van der Waals surface area contributed by atoms with Crippen molar-refractivity contribution in [2.45, 2.75) is 12.6 Å². The average molecular weight is 272 g/mol. The predicted molar refractivity (Wildman–Crippen MR) is 59.6 cm³/mol. The molecule has 0 bridgehead atoms. The molecule has 1 aromatic carbocycles. The Labute approximate surface area is 96.2 Å². The molecule has 0 spiro atoms. The number of alkyl halides is 1. The third kappa shape index (κ3) is 2.20. The van der Waals surface area contributed by atoms with Gasteiger partial charge in [-0.2, -0.15) is 0 Å². The molecule has 1 aromatic rings. The average Bonchev–Trinajstić information content (AvgIpc) is 2.14. The second-order valence-corrected chi connectivity index (χ2v) is 5.00. The summed E-state index contributed by atoms with van der Waals surface area (Å²) in [7, 11) is 0. The Bertz CT molecular complexity index is 380. The van der Waals surface area contributed by atoms with Gasteiger partial charge in [-0.3, -0.25) is 4.79 Å². The van der Waals surface area contributed by atoms with E-state index in [-0.39, 0.29) is 19.0 Å². The van der Waals surface area contributed by atoms with Gasteiger partial charge in [-0.1, -0.05) is 15.9 Å². The number of rotatable bonds is 1. The third-order valence-electron chi connectivity index (χ3n) is 2.42. The molecule has 4 heteroatoms. The number of carbonyl (C=O) groups excluding carboxylic acids is 1. The molecule has 1 aliphatic rings. The molecule has 1 amide bonds. The van der Waals surface area contributed by atoms with Crippen LogP contribution < -0.4 is 0 Å². The zero-order valence-electron chi connectivity index (χ0n) is 8.34. The van der Waals surface area contributed by atoms with Crippen molar-refractivity contribution in [2.24, 2.45) is 0 Å². The highest BCUT2D eigenvalue weighted by molar-refractivity contribution is 9.10. The molecule has 0 unspecified atom stereocenters. The maximum atomic E-state index is 13.2. The summed E-state index contributed by atoms with van der Waals surface area (Å²) in [6, 6.07) is 7.09. The van der Waals surface area contributed by atoms with Gasteiger partial charge in [0.15, 0.2) is 0 Å². The molecule has 0 radical (unpaired) electrons. The van der Waals surface area contributed by atoms with Gasteiger partial charge in [-0.05, 0) is 31.2 Å². The number of halogens is 2. The maximum Gasteiger partial charge on any atom is 0.254 e. The van der Waals surface area contributed by atoms with Gasteiger partial charge in [-0.15, -0.1) is 0 Å². The molecule has 0 saturated carbocycles. The molecule has 15 heavy (non-hydrogen) atoms. The van der Waals surface area contributed by atoms with Crippen LogP contribution in [0, 0.1) is 0 Å². The van der Waals surface area contributed by atoms with Gasteiger partial charge in [0.05, 0.1) is 13.1 Å². The summed E-state index contributed by atoms with van der Waals surface area (Å²) in [6.07, 6.45) is 0. The predicted octanol–water partition coefficient (Wildman–Crippen LogP) is 2.63. The Hall–Kier alpha value is -0.900. The number of benzene rings is 1. The minimum atomic E-state index is -1.20. The van der Waals surface area contributed by atoms with E-state index in [0.29, 0.717) is 5.56 Å². The molecule has 1 aliphatic heterocycles. The maximum absolute atomic E-state index is 13.2. The first-order valence-corrected chi connectivity index (χ1v) is 5.51. The number of carbonyl (C=O) groups is 1. The van der Waals surface area contributed by atoms with E-state index in [2.05, 4.69) is 15.9 Å². The number of amides is 1.